The van der Waals surface area contributed by atoms with Gasteiger partial charge < -0.3 is 5.32 Å². The van der Waals surface area contributed by atoms with Crippen molar-refractivity contribution in [3.8, 4) is 16.9 Å². The maximum absolute atomic E-state index is 12.2. The zero-order valence-electron chi connectivity index (χ0n) is 17.7. The van der Waals surface area contributed by atoms with Crippen molar-refractivity contribution in [1.82, 2.24) is 15.2 Å². The van der Waals surface area contributed by atoms with Crippen LogP contribution in [0.2, 0.25) is 5.02 Å². The molecule has 0 atom stereocenters. The van der Waals surface area contributed by atoms with Crippen LogP contribution in [0.15, 0.2) is 90.2 Å². The highest BCUT2D eigenvalue weighted by Gasteiger charge is 2.15. The predicted molar refractivity (Wildman–Crippen MR) is 130 cm³/mol. The molecule has 0 aliphatic rings. The fraction of sp³-hybridized carbons (Fsp3) is 0.0400. The van der Waals surface area contributed by atoms with Crippen molar-refractivity contribution in [2.75, 3.05) is 5.32 Å². The first-order chi connectivity index (χ1) is 16.0. The van der Waals surface area contributed by atoms with Crippen molar-refractivity contribution in [1.29, 1.82) is 0 Å². The lowest BCUT2D eigenvalue weighted by Gasteiger charge is -2.05. The topological polar surface area (TPSA) is 88.4 Å². The van der Waals surface area contributed by atoms with Crippen LogP contribution in [-0.2, 0) is 9.59 Å². The Morgan fingerprint density at radius 2 is 1.64 bits per heavy atom. The van der Waals surface area contributed by atoms with Gasteiger partial charge >= 0.3 is 11.8 Å². The highest BCUT2D eigenvalue weighted by Crippen LogP contribution is 2.23. The molecule has 0 aliphatic heterocycles. The molecular weight excluding hydrogens is 438 g/mol. The molecule has 164 valence electrons. The lowest BCUT2D eigenvalue weighted by Crippen LogP contribution is -2.32. The van der Waals surface area contributed by atoms with Gasteiger partial charge in [0, 0.05) is 17.3 Å². The van der Waals surface area contributed by atoms with Gasteiger partial charge in [0.25, 0.3) is 0 Å². The average Bonchev–Trinajstić information content (AvgIpc) is 3.25. The van der Waals surface area contributed by atoms with Crippen LogP contribution in [-0.4, -0.2) is 27.8 Å². The van der Waals surface area contributed by atoms with Gasteiger partial charge in [-0.15, -0.1) is 0 Å². The van der Waals surface area contributed by atoms with Gasteiger partial charge in [-0.2, -0.15) is 10.2 Å². The minimum Gasteiger partial charge on any atom is -0.316 e. The molecular formula is C25H20ClN5O2. The largest absolute Gasteiger partial charge is 0.329 e. The molecule has 4 aromatic rings. The Morgan fingerprint density at radius 3 is 2.36 bits per heavy atom. The summed E-state index contributed by atoms with van der Waals surface area (Å²) in [6.45, 7) is 2.01. The third-order valence-corrected chi connectivity index (χ3v) is 5.12. The summed E-state index contributed by atoms with van der Waals surface area (Å²) >= 11 is 6.01. The number of para-hydroxylation sites is 2. The Balaban J connectivity index is 1.54. The minimum absolute atomic E-state index is 0.332. The molecule has 0 aliphatic carbocycles. The monoisotopic (exact) mass is 457 g/mol. The lowest BCUT2D eigenvalue weighted by atomic mass is 10.1. The van der Waals surface area contributed by atoms with Crippen LogP contribution < -0.4 is 10.7 Å². The van der Waals surface area contributed by atoms with Gasteiger partial charge in [-0.3, -0.25) is 9.59 Å². The molecule has 8 heteroatoms. The summed E-state index contributed by atoms with van der Waals surface area (Å²) in [6, 6.07) is 24.2. The van der Waals surface area contributed by atoms with E-state index in [1.165, 1.54) is 6.21 Å². The number of rotatable bonds is 5. The van der Waals surface area contributed by atoms with E-state index in [1.807, 2.05) is 67.7 Å². The van der Waals surface area contributed by atoms with Crippen LogP contribution in [0.5, 0.6) is 0 Å². The summed E-state index contributed by atoms with van der Waals surface area (Å²) in [5.74, 6) is -1.79. The van der Waals surface area contributed by atoms with Crippen LogP contribution in [0.4, 0.5) is 5.69 Å². The maximum atomic E-state index is 12.2. The van der Waals surface area contributed by atoms with Gasteiger partial charge in [0.1, 0.15) is 5.69 Å². The van der Waals surface area contributed by atoms with E-state index in [2.05, 4.69) is 15.8 Å². The standard InChI is InChI=1S/C25H20ClN5O2/c1-17-11-13-18(14-12-17)23-19(16-31(30-23)20-7-3-2-4-8-20)15-27-29-25(33)24(32)28-22-10-6-5-9-21(22)26/h2-16H,1H3,(H,28,32)(H,29,33). The molecule has 1 aromatic heterocycles. The van der Waals surface area contributed by atoms with Crippen LogP contribution in [0.25, 0.3) is 16.9 Å². The number of hydrogen-bond donors (Lipinski definition) is 2. The van der Waals surface area contributed by atoms with E-state index in [-0.39, 0.29) is 0 Å². The SMILES string of the molecule is Cc1ccc(-c2nn(-c3ccccc3)cc2C=NNC(=O)C(=O)Nc2ccccc2Cl)cc1. The molecule has 0 radical (unpaired) electrons. The molecule has 0 bridgehead atoms. The Labute approximate surface area is 195 Å². The predicted octanol–water partition coefficient (Wildman–Crippen LogP) is 4.59. The number of anilines is 1. The zero-order chi connectivity index (χ0) is 23.2. The summed E-state index contributed by atoms with van der Waals surface area (Å²) in [7, 11) is 0. The number of nitrogens with one attached hydrogen (secondary N) is 2. The van der Waals surface area contributed by atoms with Crippen LogP contribution in [0, 0.1) is 6.92 Å². The van der Waals surface area contributed by atoms with Crippen molar-refractivity contribution in [2.45, 2.75) is 6.92 Å². The number of halogens is 1. The Hall–Kier alpha value is -4.23. The summed E-state index contributed by atoms with van der Waals surface area (Å²) in [6.07, 6.45) is 3.27. The summed E-state index contributed by atoms with van der Waals surface area (Å²) in [5.41, 5.74) is 6.87. The molecule has 0 spiro atoms. The van der Waals surface area contributed by atoms with Crippen molar-refractivity contribution in [2.24, 2.45) is 5.10 Å². The number of amides is 2. The van der Waals surface area contributed by atoms with E-state index in [1.54, 1.807) is 28.9 Å². The van der Waals surface area contributed by atoms with E-state index in [0.717, 1.165) is 16.8 Å². The lowest BCUT2D eigenvalue weighted by molar-refractivity contribution is -0.136. The molecule has 1 heterocycles. The van der Waals surface area contributed by atoms with Gasteiger partial charge in [-0.25, -0.2) is 10.1 Å². The number of carbonyl (C=O) groups excluding carboxylic acids is 2. The van der Waals surface area contributed by atoms with Gasteiger partial charge in [-0.1, -0.05) is 71.8 Å². The van der Waals surface area contributed by atoms with E-state index < -0.39 is 11.8 Å². The third-order valence-electron chi connectivity index (χ3n) is 4.79. The number of nitrogens with zero attached hydrogens (tertiary/aromatic N) is 3. The Bertz CT molecular complexity index is 1310. The van der Waals surface area contributed by atoms with Crippen molar-refractivity contribution < 1.29 is 9.59 Å². The normalized spacial score (nSPS) is 10.8. The number of hydrogen-bond acceptors (Lipinski definition) is 4. The van der Waals surface area contributed by atoms with Gasteiger partial charge in [0.05, 0.1) is 22.6 Å². The first-order valence-corrected chi connectivity index (χ1v) is 10.5. The van der Waals surface area contributed by atoms with Crippen LogP contribution in [0.3, 0.4) is 0 Å². The number of hydrazone groups is 1. The summed E-state index contributed by atoms with van der Waals surface area (Å²) < 4.78 is 1.74. The fourth-order valence-corrected chi connectivity index (χ4v) is 3.27. The molecule has 0 saturated carbocycles. The molecule has 3 aromatic carbocycles. The average molecular weight is 458 g/mol. The van der Waals surface area contributed by atoms with E-state index in [4.69, 9.17) is 16.7 Å². The molecule has 0 saturated heterocycles. The highest BCUT2D eigenvalue weighted by molar-refractivity contribution is 6.41. The molecule has 2 amide bonds. The molecule has 7 nitrogen and oxygen atoms in total. The number of aromatic nitrogens is 2. The van der Waals surface area contributed by atoms with Crippen LogP contribution in [0.1, 0.15) is 11.1 Å². The molecule has 4 rings (SSSR count). The van der Waals surface area contributed by atoms with Crippen molar-refractivity contribution in [3.05, 3.63) is 101 Å². The van der Waals surface area contributed by atoms with E-state index in [0.29, 0.717) is 22.0 Å². The maximum Gasteiger partial charge on any atom is 0.329 e. The molecule has 2 N–H and O–H groups in total. The molecule has 33 heavy (non-hydrogen) atoms. The molecule has 0 fully saturated rings. The second kappa shape index (κ2) is 9.93. The zero-order valence-corrected chi connectivity index (χ0v) is 18.5. The van der Waals surface area contributed by atoms with Gasteiger partial charge in [0.2, 0.25) is 0 Å². The first kappa shape index (κ1) is 22.0. The second-order valence-electron chi connectivity index (χ2n) is 7.21. The first-order valence-electron chi connectivity index (χ1n) is 10.1. The number of aryl methyl sites for hydroxylation is 1. The quantitative estimate of drug-likeness (QED) is 0.261. The van der Waals surface area contributed by atoms with Gasteiger partial charge in [0.15, 0.2) is 0 Å². The Kier molecular flexibility index (Phi) is 6.61. The summed E-state index contributed by atoms with van der Waals surface area (Å²) in [5, 5.41) is 11.4. The van der Waals surface area contributed by atoms with Crippen molar-refractivity contribution in [3.63, 3.8) is 0 Å². The number of benzene rings is 3. The van der Waals surface area contributed by atoms with Gasteiger partial charge in [-0.05, 0) is 31.2 Å². The minimum atomic E-state index is -0.918. The Morgan fingerprint density at radius 1 is 0.939 bits per heavy atom. The fourth-order valence-electron chi connectivity index (χ4n) is 3.08. The van der Waals surface area contributed by atoms with Crippen LogP contribution >= 0.6 is 11.6 Å². The highest BCUT2D eigenvalue weighted by atomic mass is 35.5. The summed E-state index contributed by atoms with van der Waals surface area (Å²) in [4.78, 5) is 24.3. The third kappa shape index (κ3) is 5.34. The number of carbonyl (C=O) groups is 2. The second-order valence-corrected chi connectivity index (χ2v) is 7.62. The smallest absolute Gasteiger partial charge is 0.316 e. The van der Waals surface area contributed by atoms with E-state index >= 15 is 0 Å². The van der Waals surface area contributed by atoms with Crippen molar-refractivity contribution >= 4 is 35.3 Å². The molecule has 0 unspecified atom stereocenters. The van der Waals surface area contributed by atoms with E-state index in [9.17, 15) is 9.59 Å².